The predicted octanol–water partition coefficient (Wildman–Crippen LogP) is 3.13. The van der Waals surface area contributed by atoms with Crippen molar-refractivity contribution in [1.29, 1.82) is 0 Å². The number of aromatic nitrogens is 2. The maximum Gasteiger partial charge on any atom is 0.119 e. The molecule has 0 aliphatic heterocycles. The normalized spacial score (nSPS) is 12.3. The second kappa shape index (κ2) is 6.93. The van der Waals surface area contributed by atoms with Crippen LogP contribution in [-0.4, -0.2) is 34.4 Å². The summed E-state index contributed by atoms with van der Waals surface area (Å²) in [6.07, 6.45) is 1.17. The van der Waals surface area contributed by atoms with E-state index in [1.54, 1.807) is 6.33 Å². The number of aryl methyl sites for hydroxylation is 2. The molecule has 2 N–H and O–H groups in total. The largest absolute Gasteiger partial charge is 0.491 e. The lowest BCUT2D eigenvalue weighted by Gasteiger charge is -2.14. The summed E-state index contributed by atoms with van der Waals surface area (Å²) < 4.78 is 7.63. The number of aliphatic hydroxyl groups excluding tert-OH is 1. The second-order valence-corrected chi connectivity index (χ2v) is 6.06. The summed E-state index contributed by atoms with van der Waals surface area (Å²) >= 11 is 0. The van der Waals surface area contributed by atoms with Gasteiger partial charge in [-0.25, -0.2) is 4.98 Å². The maximum atomic E-state index is 10.3. The molecule has 1 heterocycles. The summed E-state index contributed by atoms with van der Waals surface area (Å²) in [6, 6.07) is 11.8. The standard InChI is InChI=1S/C19H23N3O2/c1-13-8-18-19(9-14(13)2)22(12-21-18)10-16(23)11-24-17-6-4-15(20-3)5-7-17/h4-9,12,16,20,23H,10-11H2,1-3H3. The van der Waals surface area contributed by atoms with Gasteiger partial charge >= 0.3 is 0 Å². The summed E-state index contributed by atoms with van der Waals surface area (Å²) in [6.45, 7) is 4.85. The Kier molecular flexibility index (Phi) is 4.71. The average molecular weight is 325 g/mol. The lowest BCUT2D eigenvalue weighted by molar-refractivity contribution is 0.0934. The van der Waals surface area contributed by atoms with E-state index >= 15 is 0 Å². The van der Waals surface area contributed by atoms with E-state index in [0.717, 1.165) is 22.5 Å². The van der Waals surface area contributed by atoms with E-state index in [1.165, 1.54) is 11.1 Å². The zero-order valence-corrected chi connectivity index (χ0v) is 14.3. The van der Waals surface area contributed by atoms with Crippen LogP contribution in [0.15, 0.2) is 42.7 Å². The number of rotatable bonds is 6. The number of aliphatic hydroxyl groups is 1. The van der Waals surface area contributed by atoms with E-state index in [-0.39, 0.29) is 6.61 Å². The molecule has 0 amide bonds. The zero-order valence-electron chi connectivity index (χ0n) is 14.3. The van der Waals surface area contributed by atoms with Crippen molar-refractivity contribution in [2.45, 2.75) is 26.5 Å². The first kappa shape index (κ1) is 16.3. The number of nitrogens with zero attached hydrogens (tertiary/aromatic N) is 2. The summed E-state index contributed by atoms with van der Waals surface area (Å²) in [5.41, 5.74) is 5.46. The lowest BCUT2D eigenvalue weighted by atomic mass is 10.1. The smallest absolute Gasteiger partial charge is 0.119 e. The third-order valence-electron chi connectivity index (χ3n) is 4.23. The van der Waals surface area contributed by atoms with Gasteiger partial charge in [0.05, 0.1) is 23.9 Å². The predicted molar refractivity (Wildman–Crippen MR) is 96.7 cm³/mol. The van der Waals surface area contributed by atoms with E-state index in [2.05, 4.69) is 36.3 Å². The number of anilines is 1. The van der Waals surface area contributed by atoms with Gasteiger partial charge in [0.2, 0.25) is 0 Å². The third-order valence-corrected chi connectivity index (χ3v) is 4.23. The van der Waals surface area contributed by atoms with Gasteiger partial charge in [0.1, 0.15) is 18.5 Å². The number of nitrogens with one attached hydrogen (secondary N) is 1. The van der Waals surface area contributed by atoms with Crippen LogP contribution in [0.4, 0.5) is 5.69 Å². The number of ether oxygens (including phenoxy) is 1. The van der Waals surface area contributed by atoms with Gasteiger partial charge in [-0.1, -0.05) is 0 Å². The van der Waals surface area contributed by atoms with E-state index < -0.39 is 6.10 Å². The van der Waals surface area contributed by atoms with Gasteiger partial charge < -0.3 is 19.7 Å². The van der Waals surface area contributed by atoms with E-state index in [9.17, 15) is 5.11 Å². The summed E-state index contributed by atoms with van der Waals surface area (Å²) in [5, 5.41) is 13.3. The molecule has 0 aliphatic rings. The number of hydrogen-bond acceptors (Lipinski definition) is 4. The molecule has 1 aromatic heterocycles. The molecule has 0 spiro atoms. The van der Waals surface area contributed by atoms with Crippen LogP contribution in [0.25, 0.3) is 11.0 Å². The van der Waals surface area contributed by atoms with Gasteiger partial charge in [-0.15, -0.1) is 0 Å². The fourth-order valence-electron chi connectivity index (χ4n) is 2.65. The molecule has 24 heavy (non-hydrogen) atoms. The Hall–Kier alpha value is -2.53. The highest BCUT2D eigenvalue weighted by Gasteiger charge is 2.10. The first-order valence-corrected chi connectivity index (χ1v) is 8.07. The molecule has 5 heteroatoms. The van der Waals surface area contributed by atoms with Crippen molar-refractivity contribution in [2.75, 3.05) is 19.0 Å². The lowest BCUT2D eigenvalue weighted by Crippen LogP contribution is -2.23. The molecule has 0 bridgehead atoms. The number of hydrogen-bond donors (Lipinski definition) is 2. The molecule has 1 unspecified atom stereocenters. The second-order valence-electron chi connectivity index (χ2n) is 6.06. The average Bonchev–Trinajstić information content (AvgIpc) is 2.95. The molecule has 0 saturated carbocycles. The van der Waals surface area contributed by atoms with Crippen LogP contribution in [0.2, 0.25) is 0 Å². The monoisotopic (exact) mass is 325 g/mol. The topological polar surface area (TPSA) is 59.3 Å². The minimum atomic E-state index is -0.604. The molecular formula is C19H23N3O2. The highest BCUT2D eigenvalue weighted by Crippen LogP contribution is 2.19. The Balaban J connectivity index is 1.64. The Morgan fingerprint density at radius 2 is 1.88 bits per heavy atom. The van der Waals surface area contributed by atoms with Crippen molar-refractivity contribution in [2.24, 2.45) is 0 Å². The third kappa shape index (κ3) is 3.51. The van der Waals surface area contributed by atoms with Gasteiger partial charge in [-0.3, -0.25) is 0 Å². The van der Waals surface area contributed by atoms with Gasteiger partial charge in [-0.2, -0.15) is 0 Å². The van der Waals surface area contributed by atoms with Gasteiger partial charge in [-0.05, 0) is 61.4 Å². The Labute approximate surface area is 141 Å². The highest BCUT2D eigenvalue weighted by atomic mass is 16.5. The van der Waals surface area contributed by atoms with Gasteiger partial charge in [0.15, 0.2) is 0 Å². The fraction of sp³-hybridized carbons (Fsp3) is 0.316. The highest BCUT2D eigenvalue weighted by molar-refractivity contribution is 5.77. The van der Waals surface area contributed by atoms with Crippen LogP contribution >= 0.6 is 0 Å². The molecule has 3 aromatic rings. The molecule has 126 valence electrons. The van der Waals surface area contributed by atoms with Crippen molar-refractivity contribution in [3.63, 3.8) is 0 Å². The molecular weight excluding hydrogens is 302 g/mol. The maximum absolute atomic E-state index is 10.3. The number of fused-ring (bicyclic) bond motifs is 1. The van der Waals surface area contributed by atoms with Crippen molar-refractivity contribution in [3.05, 3.63) is 53.9 Å². The molecule has 3 rings (SSSR count). The first-order chi connectivity index (χ1) is 11.6. The van der Waals surface area contributed by atoms with Crippen LogP contribution in [0.3, 0.4) is 0 Å². The summed E-state index contributed by atoms with van der Waals surface area (Å²) in [5.74, 6) is 0.745. The van der Waals surface area contributed by atoms with Gasteiger partial charge in [0, 0.05) is 12.7 Å². The van der Waals surface area contributed by atoms with Crippen molar-refractivity contribution in [1.82, 2.24) is 9.55 Å². The van der Waals surface area contributed by atoms with Crippen LogP contribution < -0.4 is 10.1 Å². The van der Waals surface area contributed by atoms with Crippen LogP contribution in [0.5, 0.6) is 5.75 Å². The summed E-state index contributed by atoms with van der Waals surface area (Å²) in [4.78, 5) is 4.42. The van der Waals surface area contributed by atoms with E-state index in [4.69, 9.17) is 4.74 Å². The number of benzene rings is 2. The molecule has 0 fully saturated rings. The molecule has 0 radical (unpaired) electrons. The van der Waals surface area contributed by atoms with Crippen LogP contribution in [0, 0.1) is 13.8 Å². The van der Waals surface area contributed by atoms with Crippen molar-refractivity contribution < 1.29 is 9.84 Å². The minimum absolute atomic E-state index is 0.240. The molecule has 1 atom stereocenters. The fourth-order valence-corrected chi connectivity index (χ4v) is 2.65. The molecule has 2 aromatic carbocycles. The SMILES string of the molecule is CNc1ccc(OCC(O)Cn2cnc3cc(C)c(C)cc32)cc1. The zero-order chi connectivity index (χ0) is 17.1. The quantitative estimate of drug-likeness (QED) is 0.731. The number of imidazole rings is 1. The van der Waals surface area contributed by atoms with E-state index in [1.807, 2.05) is 35.9 Å². The Morgan fingerprint density at radius 1 is 1.17 bits per heavy atom. The van der Waals surface area contributed by atoms with Crippen LogP contribution in [0.1, 0.15) is 11.1 Å². The van der Waals surface area contributed by atoms with Crippen LogP contribution in [-0.2, 0) is 6.54 Å². The Morgan fingerprint density at radius 3 is 2.58 bits per heavy atom. The molecule has 0 saturated heterocycles. The molecule has 0 aliphatic carbocycles. The van der Waals surface area contributed by atoms with Gasteiger partial charge in [0.25, 0.3) is 0 Å². The summed E-state index contributed by atoms with van der Waals surface area (Å²) in [7, 11) is 1.87. The minimum Gasteiger partial charge on any atom is -0.491 e. The van der Waals surface area contributed by atoms with Crippen molar-refractivity contribution >= 4 is 16.7 Å². The molecule has 5 nitrogen and oxygen atoms in total. The Bertz CT molecular complexity index is 824. The van der Waals surface area contributed by atoms with Crippen molar-refractivity contribution in [3.8, 4) is 5.75 Å². The first-order valence-electron chi connectivity index (χ1n) is 8.07. The van der Waals surface area contributed by atoms with E-state index in [0.29, 0.717) is 6.54 Å².